The van der Waals surface area contributed by atoms with Gasteiger partial charge >= 0.3 is 12.2 Å². The van der Waals surface area contributed by atoms with Gasteiger partial charge in [0.25, 0.3) is 0 Å². The van der Waals surface area contributed by atoms with E-state index < -0.39 is 17.5 Å². The summed E-state index contributed by atoms with van der Waals surface area (Å²) in [6.45, 7) is 3.95. The van der Waals surface area contributed by atoms with Crippen LogP contribution in [0.5, 0.6) is 0 Å². The minimum absolute atomic E-state index is 0.266. The van der Waals surface area contributed by atoms with Crippen molar-refractivity contribution in [3.63, 3.8) is 0 Å². The van der Waals surface area contributed by atoms with Gasteiger partial charge in [0.1, 0.15) is 5.69 Å². The molecule has 1 aliphatic heterocycles. The maximum Gasteiger partial charge on any atom is 0.433 e. The first kappa shape index (κ1) is 15.6. The number of alkyl halides is 3. The fraction of sp³-hybridized carbons (Fsp3) is 0.538. The fourth-order valence-electron chi connectivity index (χ4n) is 2.01. The van der Waals surface area contributed by atoms with Gasteiger partial charge in [-0.1, -0.05) is 0 Å². The molecule has 8 heteroatoms. The minimum atomic E-state index is -4.49. The van der Waals surface area contributed by atoms with Gasteiger partial charge in [0.05, 0.1) is 30.1 Å². The van der Waals surface area contributed by atoms with Crippen molar-refractivity contribution in [3.8, 4) is 0 Å². The maximum atomic E-state index is 12.5. The summed E-state index contributed by atoms with van der Waals surface area (Å²) in [5, 5.41) is 2.75. The molecule has 0 spiro atoms. The molecule has 1 atom stereocenters. The van der Waals surface area contributed by atoms with Gasteiger partial charge in [0.15, 0.2) is 0 Å². The second kappa shape index (κ2) is 5.18. The molecule has 1 N–H and O–H groups in total. The summed E-state index contributed by atoms with van der Waals surface area (Å²) in [4.78, 5) is 16.6. The topological polar surface area (TPSA) is 54.5 Å². The molecule has 0 aliphatic carbocycles. The average Bonchev–Trinajstić information content (AvgIpc) is 2.81. The molecular weight excluding hydrogens is 287 g/mol. The first-order chi connectivity index (χ1) is 9.65. The lowest BCUT2D eigenvalue weighted by Crippen LogP contribution is -2.46. The van der Waals surface area contributed by atoms with Crippen molar-refractivity contribution in [1.82, 2.24) is 10.3 Å². The van der Waals surface area contributed by atoms with Crippen LogP contribution in [0.2, 0.25) is 0 Å². The van der Waals surface area contributed by atoms with Crippen LogP contribution in [0.15, 0.2) is 18.3 Å². The van der Waals surface area contributed by atoms with E-state index in [4.69, 9.17) is 4.74 Å². The van der Waals surface area contributed by atoms with Crippen LogP contribution in [-0.4, -0.2) is 36.3 Å². The third kappa shape index (κ3) is 3.10. The van der Waals surface area contributed by atoms with Crippen LogP contribution in [0.1, 0.15) is 19.5 Å². The molecule has 0 unspecified atom stereocenters. The number of ether oxygens (including phenoxy) is 1. The monoisotopic (exact) mass is 303 g/mol. The fourth-order valence-corrected chi connectivity index (χ4v) is 2.01. The molecule has 1 fully saturated rings. The van der Waals surface area contributed by atoms with E-state index in [0.717, 1.165) is 12.3 Å². The largest absolute Gasteiger partial charge is 0.433 e. The van der Waals surface area contributed by atoms with Crippen LogP contribution in [0, 0.1) is 0 Å². The molecular formula is C13H16F3N3O2. The molecule has 1 aliphatic rings. The van der Waals surface area contributed by atoms with Gasteiger partial charge in [0, 0.05) is 7.11 Å². The van der Waals surface area contributed by atoms with E-state index in [1.807, 2.05) is 13.8 Å². The Balaban J connectivity index is 2.18. The molecule has 5 nitrogen and oxygen atoms in total. The average molecular weight is 303 g/mol. The first-order valence-corrected chi connectivity index (χ1v) is 6.31. The molecule has 1 aromatic rings. The lowest BCUT2D eigenvalue weighted by Gasteiger charge is -2.29. The lowest BCUT2D eigenvalue weighted by atomic mass is 9.99. The second-order valence-corrected chi connectivity index (χ2v) is 5.32. The molecule has 1 saturated heterocycles. The number of halogens is 3. The molecule has 2 amide bonds. The molecule has 0 bridgehead atoms. The van der Waals surface area contributed by atoms with Gasteiger partial charge in [-0.25, -0.2) is 9.78 Å². The van der Waals surface area contributed by atoms with Crippen molar-refractivity contribution in [2.45, 2.75) is 31.7 Å². The number of rotatable bonds is 3. The molecule has 1 aromatic heterocycles. The van der Waals surface area contributed by atoms with Crippen molar-refractivity contribution in [1.29, 1.82) is 0 Å². The van der Waals surface area contributed by atoms with Crippen LogP contribution >= 0.6 is 0 Å². The number of carbonyl (C=O) groups is 1. The Morgan fingerprint density at radius 2 is 2.05 bits per heavy atom. The third-order valence-electron chi connectivity index (χ3n) is 3.62. The highest BCUT2D eigenvalue weighted by Crippen LogP contribution is 2.29. The number of aromatic nitrogens is 1. The number of urea groups is 1. The normalized spacial score (nSPS) is 19.8. The third-order valence-corrected chi connectivity index (χ3v) is 3.62. The smallest absolute Gasteiger partial charge is 0.377 e. The summed E-state index contributed by atoms with van der Waals surface area (Å²) in [5.74, 6) is 0. The number of carbonyl (C=O) groups excluding carboxylic acids is 1. The Morgan fingerprint density at radius 1 is 1.38 bits per heavy atom. The van der Waals surface area contributed by atoms with Crippen LogP contribution < -0.4 is 10.2 Å². The number of hydrogen-bond donors (Lipinski definition) is 1. The summed E-state index contributed by atoms with van der Waals surface area (Å²) in [6, 6.07) is 1.44. The molecule has 0 radical (unpaired) electrons. The zero-order valence-electron chi connectivity index (χ0n) is 11.9. The number of nitrogens with zero attached hydrogens (tertiary/aromatic N) is 2. The SMILES string of the molecule is COC(C)(C)[C@H]1CN(c2ccc(C(F)(F)F)nc2)C(=O)N1. The highest BCUT2D eigenvalue weighted by atomic mass is 19.4. The quantitative estimate of drug-likeness (QED) is 0.933. The van der Waals surface area contributed by atoms with Crippen LogP contribution in [0.3, 0.4) is 0 Å². The Kier molecular flexibility index (Phi) is 3.83. The number of amides is 2. The van der Waals surface area contributed by atoms with E-state index in [1.165, 1.54) is 18.1 Å². The second-order valence-electron chi connectivity index (χ2n) is 5.32. The Morgan fingerprint density at radius 3 is 2.52 bits per heavy atom. The van der Waals surface area contributed by atoms with E-state index in [0.29, 0.717) is 12.2 Å². The summed E-state index contributed by atoms with van der Waals surface area (Å²) in [7, 11) is 1.54. The van der Waals surface area contributed by atoms with E-state index in [-0.39, 0.29) is 12.1 Å². The van der Waals surface area contributed by atoms with Crippen molar-refractivity contribution >= 4 is 11.7 Å². The van der Waals surface area contributed by atoms with Crippen molar-refractivity contribution in [2.75, 3.05) is 18.6 Å². The number of pyridine rings is 1. The standard InChI is InChI=1S/C13H16F3N3O2/c1-12(2,21-3)10-7-19(11(20)18-10)8-4-5-9(17-6-8)13(14,15)16/h4-6,10H,7H2,1-3H3,(H,18,20)/t10-/m1/s1. The van der Waals surface area contributed by atoms with Gasteiger partial charge in [-0.2, -0.15) is 13.2 Å². The summed E-state index contributed by atoms with van der Waals surface area (Å²) in [5.41, 5.74) is -1.25. The molecule has 0 saturated carbocycles. The Bertz CT molecular complexity index is 528. The lowest BCUT2D eigenvalue weighted by molar-refractivity contribution is -0.141. The summed E-state index contributed by atoms with van der Waals surface area (Å²) in [6.07, 6.45) is -3.45. The number of anilines is 1. The van der Waals surface area contributed by atoms with Crippen molar-refractivity contribution in [3.05, 3.63) is 24.0 Å². The Labute approximate surface area is 120 Å². The molecule has 21 heavy (non-hydrogen) atoms. The van der Waals surface area contributed by atoms with E-state index in [9.17, 15) is 18.0 Å². The number of methoxy groups -OCH3 is 1. The predicted molar refractivity (Wildman–Crippen MR) is 70.0 cm³/mol. The maximum absolute atomic E-state index is 12.5. The molecule has 0 aromatic carbocycles. The zero-order valence-corrected chi connectivity index (χ0v) is 11.9. The van der Waals surface area contributed by atoms with Gasteiger partial charge in [-0.3, -0.25) is 4.90 Å². The number of hydrogen-bond acceptors (Lipinski definition) is 3. The predicted octanol–water partition coefficient (Wildman–Crippen LogP) is 2.42. The van der Waals surface area contributed by atoms with E-state index >= 15 is 0 Å². The highest BCUT2D eigenvalue weighted by Gasteiger charge is 2.40. The summed E-state index contributed by atoms with van der Waals surface area (Å²) < 4.78 is 42.7. The van der Waals surface area contributed by atoms with E-state index in [2.05, 4.69) is 10.3 Å². The molecule has 116 valence electrons. The van der Waals surface area contributed by atoms with Crippen molar-refractivity contribution < 1.29 is 22.7 Å². The van der Waals surface area contributed by atoms with Gasteiger partial charge < -0.3 is 10.1 Å². The van der Waals surface area contributed by atoms with E-state index in [1.54, 1.807) is 0 Å². The number of nitrogens with one attached hydrogen (secondary N) is 1. The summed E-state index contributed by atoms with van der Waals surface area (Å²) >= 11 is 0. The zero-order chi connectivity index (χ0) is 15.8. The van der Waals surface area contributed by atoms with Gasteiger partial charge in [-0.15, -0.1) is 0 Å². The Hall–Kier alpha value is -1.83. The highest BCUT2D eigenvalue weighted by molar-refractivity contribution is 5.94. The van der Waals surface area contributed by atoms with Crippen LogP contribution in [0.4, 0.5) is 23.7 Å². The van der Waals surface area contributed by atoms with Gasteiger partial charge in [0.2, 0.25) is 0 Å². The molecule has 2 rings (SSSR count). The van der Waals surface area contributed by atoms with Crippen LogP contribution in [-0.2, 0) is 10.9 Å². The minimum Gasteiger partial charge on any atom is -0.377 e. The molecule has 2 heterocycles. The van der Waals surface area contributed by atoms with Crippen molar-refractivity contribution in [2.24, 2.45) is 0 Å². The first-order valence-electron chi connectivity index (χ1n) is 6.31. The van der Waals surface area contributed by atoms with Gasteiger partial charge in [-0.05, 0) is 26.0 Å². The van der Waals surface area contributed by atoms with Crippen LogP contribution in [0.25, 0.3) is 0 Å².